The van der Waals surface area contributed by atoms with Crippen LogP contribution in [0.4, 0.5) is 14.5 Å². The topological polar surface area (TPSA) is 46.6 Å². The average Bonchev–Trinajstić information content (AvgIpc) is 2.76. The fraction of sp³-hybridized carbons (Fsp3) is 0.200. The molecule has 0 saturated heterocycles. The van der Waals surface area contributed by atoms with Gasteiger partial charge in [-0.1, -0.05) is 0 Å². The van der Waals surface area contributed by atoms with Gasteiger partial charge in [0.15, 0.2) is 0 Å². The number of halogens is 2. The summed E-state index contributed by atoms with van der Waals surface area (Å²) in [5, 5.41) is 0. The second-order valence-electron chi connectivity index (χ2n) is 6.83. The Hall–Kier alpha value is 0.253. The van der Waals surface area contributed by atoms with E-state index in [0.717, 1.165) is 13.8 Å². The molecule has 0 spiro atoms. The first-order valence-electron chi connectivity index (χ1n) is 8.91. The number of rotatable bonds is 2. The molecule has 0 unspecified atom stereocenters. The Morgan fingerprint density at radius 3 is 2.64 bits per heavy atom. The number of anilines is 1. The van der Waals surface area contributed by atoms with Crippen LogP contribution in [-0.2, 0) is 9.53 Å². The number of hydrogen-bond acceptors (Lipinski definition) is 3. The van der Waals surface area contributed by atoms with E-state index in [2.05, 4.69) is 10.8 Å². The quantitative estimate of drug-likeness (QED) is 0.362. The molecule has 1 heterocycles. The van der Waals surface area contributed by atoms with E-state index < -0.39 is 23.9 Å². The van der Waals surface area contributed by atoms with Crippen molar-refractivity contribution in [1.29, 1.82) is 0 Å². The minimum absolute atomic E-state index is 0.0577. The molecule has 0 N–H and O–H groups in total. The standard InChI is InChI=1S/C20H15F2NO3.Ra.Rb.H/c1-26-18(24)13-16-15-9-5-6-10-17(15)23(12-11-20(16,21)22)19(25)14-7-3-2-4-8-14;;;/h3-7,9-10,13H,11-12H2,1H3;;;/b16-13-;;;. The molecule has 0 fully saturated rings. The van der Waals surface area contributed by atoms with Crippen LogP contribution in [0.25, 0.3) is 5.57 Å². The molecular formula is C20H16F2NO3RaRb. The summed E-state index contributed by atoms with van der Waals surface area (Å²) < 4.78 is 36.7. The van der Waals surface area contributed by atoms with Gasteiger partial charge in [0, 0.05) is 0 Å². The molecule has 1 aliphatic heterocycles. The first-order valence-corrected chi connectivity index (χ1v) is 15.5. The first kappa shape index (κ1) is 22.9. The zero-order valence-electron chi connectivity index (χ0n) is 16.0. The number of nitrogens with zero attached hydrogens (tertiary/aromatic N) is 1. The van der Waals surface area contributed by atoms with Gasteiger partial charge in [-0.2, -0.15) is 0 Å². The molecule has 0 bridgehead atoms. The molecule has 28 heavy (non-hydrogen) atoms. The van der Waals surface area contributed by atoms with Crippen LogP contribution >= 0.6 is 0 Å². The Morgan fingerprint density at radius 1 is 1.25 bits per heavy atom. The molecule has 2 aromatic rings. The number of hydrogen-bond donors (Lipinski definition) is 0. The van der Waals surface area contributed by atoms with Gasteiger partial charge in [-0.25, -0.2) is 0 Å². The van der Waals surface area contributed by atoms with Crippen LogP contribution in [0.15, 0.2) is 48.5 Å². The minimum atomic E-state index is -3.25. The number of allylic oxidation sites excluding steroid dienone is 1. The molecule has 0 aromatic heterocycles. The van der Waals surface area contributed by atoms with E-state index in [1.807, 2.05) is 12.1 Å². The average molecular weight is 668 g/mol. The van der Waals surface area contributed by atoms with E-state index in [9.17, 15) is 18.4 Å². The van der Waals surface area contributed by atoms with Gasteiger partial charge < -0.3 is 0 Å². The van der Waals surface area contributed by atoms with Crippen LogP contribution in [-0.4, -0.2) is 87.0 Å². The molecule has 0 radical (unpaired) electrons. The number of esters is 1. The zero-order valence-corrected chi connectivity index (χ0v) is 29.1. The summed E-state index contributed by atoms with van der Waals surface area (Å²) in [6, 6.07) is 12.3. The Morgan fingerprint density at radius 2 is 1.96 bits per heavy atom. The first-order chi connectivity index (χ1) is 13.2. The van der Waals surface area contributed by atoms with Crippen molar-refractivity contribution < 1.29 is 65.9 Å². The van der Waals surface area contributed by atoms with Gasteiger partial charge in [0.05, 0.1) is 0 Å². The van der Waals surface area contributed by atoms with Crippen LogP contribution in [0.2, 0.25) is 0 Å². The monoisotopic (exact) mass is 667 g/mol. The molecule has 136 valence electrons. The molecule has 0 atom stereocenters. The van der Waals surface area contributed by atoms with Crippen molar-refractivity contribution in [3.63, 3.8) is 0 Å². The molecule has 4 nitrogen and oxygen atoms in total. The van der Waals surface area contributed by atoms with E-state index in [1.54, 1.807) is 18.2 Å². The van der Waals surface area contributed by atoms with Crippen LogP contribution in [0.3, 0.4) is 0 Å². The number of ether oxygens (including phenoxy) is 1. The van der Waals surface area contributed by atoms with Gasteiger partial charge in [0.1, 0.15) is 0 Å². The van der Waals surface area contributed by atoms with E-state index in [-0.39, 0.29) is 60.8 Å². The molecule has 1 aliphatic rings. The van der Waals surface area contributed by atoms with Crippen molar-refractivity contribution in [3.8, 4) is 0 Å². The summed E-state index contributed by atoms with van der Waals surface area (Å²) in [4.78, 5) is 26.4. The third-order valence-corrected chi connectivity index (χ3v) is 9.78. The number of alkyl halides is 2. The Kier molecular flexibility index (Phi) is 7.85. The normalized spacial score (nSPS) is 17.0. The third kappa shape index (κ3) is 4.93. The van der Waals surface area contributed by atoms with Gasteiger partial charge >= 0.3 is 234 Å². The predicted molar refractivity (Wildman–Crippen MR) is 101 cm³/mol. The predicted octanol–water partition coefficient (Wildman–Crippen LogP) is 1.63. The van der Waals surface area contributed by atoms with E-state index >= 15 is 0 Å². The number of carbonyl (C=O) groups is 2. The molecule has 2 aromatic carbocycles. The molecule has 0 saturated carbocycles. The van der Waals surface area contributed by atoms with Crippen LogP contribution in [0, 0.1) is 42.8 Å². The summed E-state index contributed by atoms with van der Waals surface area (Å²) >= 11 is 0.297. The number of carbonyl (C=O) groups excluding carboxylic acids is 2. The molecule has 8 heteroatoms. The van der Waals surface area contributed by atoms with E-state index in [1.165, 1.54) is 9.60 Å². The molecular weight excluding hydrogens is 652 g/mol. The van der Waals surface area contributed by atoms with Crippen molar-refractivity contribution in [3.05, 3.63) is 59.7 Å². The Labute approximate surface area is 230 Å². The van der Waals surface area contributed by atoms with Crippen molar-refractivity contribution in [2.75, 3.05) is 18.6 Å². The maximum absolute atomic E-state index is 14.9. The number of amides is 1. The summed E-state index contributed by atoms with van der Waals surface area (Å²) in [5.41, 5.74) is 0.743. The van der Waals surface area contributed by atoms with Gasteiger partial charge in [0.2, 0.25) is 0 Å². The second kappa shape index (κ2) is 9.59. The third-order valence-electron chi connectivity index (χ3n) is 4.85. The van der Waals surface area contributed by atoms with Crippen molar-refractivity contribution in [2.45, 2.75) is 12.3 Å². The summed E-state index contributed by atoms with van der Waals surface area (Å²) in [7, 11) is 1.15. The maximum atomic E-state index is 14.9. The van der Waals surface area contributed by atoms with Crippen LogP contribution in [0.1, 0.15) is 22.3 Å². The molecule has 1 amide bonds. The van der Waals surface area contributed by atoms with E-state index in [4.69, 9.17) is 0 Å². The van der Waals surface area contributed by atoms with Gasteiger partial charge in [-0.15, -0.1) is 0 Å². The molecule has 3 rings (SSSR count). The Bertz CT molecular complexity index is 978. The van der Waals surface area contributed by atoms with Crippen molar-refractivity contribution in [1.82, 2.24) is 0 Å². The zero-order chi connectivity index (χ0) is 20.5. The van der Waals surface area contributed by atoms with Crippen LogP contribution < -0.4 is 4.14 Å². The Balaban J connectivity index is 2.14. The second-order valence-corrected chi connectivity index (χ2v) is 14.1. The summed E-state index contributed by atoms with van der Waals surface area (Å²) in [5.74, 6) is -4.37. The van der Waals surface area contributed by atoms with Gasteiger partial charge in [-0.3, -0.25) is 0 Å². The number of fused-ring (bicyclic) bond motifs is 1. The number of benzene rings is 2. The van der Waals surface area contributed by atoms with Gasteiger partial charge in [0.25, 0.3) is 0 Å². The fourth-order valence-electron chi connectivity index (χ4n) is 3.41. The summed E-state index contributed by atoms with van der Waals surface area (Å²) in [6.07, 6.45) is 0.261. The summed E-state index contributed by atoms with van der Waals surface area (Å²) in [6.45, 7) is -0.133. The molecule has 0 aliphatic carbocycles. The number of para-hydroxylation sites is 1. The van der Waals surface area contributed by atoms with Crippen molar-refractivity contribution in [2.24, 2.45) is 0 Å². The SMILES string of the molecule is COC(=O)/C=C1/c2ccccc2N(C(=O)c2cc[c]([Rb])c[c]2[RaH])CCC1(F)F. The van der Waals surface area contributed by atoms with Gasteiger partial charge in [-0.05, 0) is 0 Å². The van der Waals surface area contributed by atoms with E-state index in [0.29, 0.717) is 66.8 Å². The fourth-order valence-corrected chi connectivity index (χ4v) is 14.2. The number of methoxy groups -OCH3 is 1. The van der Waals surface area contributed by atoms with Crippen molar-refractivity contribution >= 4 is 77.9 Å². The van der Waals surface area contributed by atoms with Crippen LogP contribution in [0.5, 0.6) is 0 Å².